The van der Waals surface area contributed by atoms with Crippen LogP contribution >= 0.6 is 11.6 Å². The first-order chi connectivity index (χ1) is 7.09. The highest BCUT2D eigenvalue weighted by atomic mass is 35.5. The number of aromatic nitrogens is 3. The molecule has 2 aromatic heterocycles. The molecule has 0 spiro atoms. The van der Waals surface area contributed by atoms with E-state index in [0.717, 1.165) is 0 Å². The van der Waals surface area contributed by atoms with Crippen LogP contribution in [0.4, 0.5) is 0 Å². The van der Waals surface area contributed by atoms with E-state index in [2.05, 4.69) is 5.10 Å². The molecule has 0 aromatic carbocycles. The molecule has 2 rings (SSSR count). The maximum atomic E-state index is 10.9. The van der Waals surface area contributed by atoms with Crippen molar-refractivity contribution in [1.82, 2.24) is 14.3 Å². The fourth-order valence-electron chi connectivity index (χ4n) is 1.37. The maximum absolute atomic E-state index is 10.9. The van der Waals surface area contributed by atoms with E-state index >= 15 is 0 Å². The van der Waals surface area contributed by atoms with Crippen molar-refractivity contribution < 1.29 is 4.79 Å². The first kappa shape index (κ1) is 9.79. The number of hydrogen-bond acceptors (Lipinski definition) is 2. The lowest BCUT2D eigenvalue weighted by atomic mass is 10.3. The summed E-state index contributed by atoms with van der Waals surface area (Å²) in [6.45, 7) is 0. The molecule has 0 saturated carbocycles. The second-order valence-corrected chi connectivity index (χ2v) is 3.52. The maximum Gasteiger partial charge on any atom is 0.250 e. The molecule has 5 nitrogen and oxygen atoms in total. The highest BCUT2D eigenvalue weighted by Gasteiger charge is 2.10. The summed E-state index contributed by atoms with van der Waals surface area (Å²) < 4.78 is 3.32. The molecule has 0 saturated heterocycles. The van der Waals surface area contributed by atoms with Gasteiger partial charge in [-0.3, -0.25) is 9.48 Å². The summed E-state index contributed by atoms with van der Waals surface area (Å²) in [5, 5.41) is 4.51. The van der Waals surface area contributed by atoms with Crippen molar-refractivity contribution in [3.63, 3.8) is 0 Å². The number of carbonyl (C=O) groups excluding carboxylic acids is 1. The van der Waals surface area contributed by atoms with Crippen LogP contribution in [0.3, 0.4) is 0 Å². The molecule has 0 radical (unpaired) electrons. The highest BCUT2D eigenvalue weighted by Crippen LogP contribution is 2.19. The van der Waals surface area contributed by atoms with Crippen molar-refractivity contribution >= 4 is 17.5 Å². The van der Waals surface area contributed by atoms with Gasteiger partial charge in [0.2, 0.25) is 5.91 Å². The zero-order chi connectivity index (χ0) is 11.0. The summed E-state index contributed by atoms with van der Waals surface area (Å²) >= 11 is 5.95. The van der Waals surface area contributed by atoms with Crippen LogP contribution in [0.15, 0.2) is 24.7 Å². The number of nitrogens with zero attached hydrogens (tertiary/aromatic N) is 3. The molecule has 0 atom stereocenters. The molecule has 2 aromatic rings. The number of aryl methyl sites for hydroxylation is 1. The van der Waals surface area contributed by atoms with Crippen molar-refractivity contribution in [3.8, 4) is 5.82 Å². The minimum Gasteiger partial charge on any atom is -0.366 e. The molecule has 0 fully saturated rings. The Balaban J connectivity index is 2.50. The standard InChI is InChI=1S/C9H9ClN4O/c1-13-9(7(10)4-12-13)14-3-2-6(5-14)8(11)15/h2-5H,1H3,(H2,11,15). The van der Waals surface area contributed by atoms with Gasteiger partial charge >= 0.3 is 0 Å². The third-order valence-electron chi connectivity index (χ3n) is 2.09. The molecular formula is C9H9ClN4O. The van der Waals surface area contributed by atoms with Gasteiger partial charge in [0.05, 0.1) is 11.8 Å². The third kappa shape index (κ3) is 1.61. The number of hydrogen-bond donors (Lipinski definition) is 1. The van der Waals surface area contributed by atoms with Gasteiger partial charge in [0.1, 0.15) is 5.02 Å². The molecule has 2 heterocycles. The van der Waals surface area contributed by atoms with Gasteiger partial charge in [-0.05, 0) is 6.07 Å². The fourth-order valence-corrected chi connectivity index (χ4v) is 1.63. The van der Waals surface area contributed by atoms with Crippen LogP contribution in [0, 0.1) is 0 Å². The third-order valence-corrected chi connectivity index (χ3v) is 2.35. The highest BCUT2D eigenvalue weighted by molar-refractivity contribution is 6.32. The van der Waals surface area contributed by atoms with Crippen LogP contribution in [0.1, 0.15) is 10.4 Å². The minimum atomic E-state index is -0.466. The Morgan fingerprint density at radius 1 is 1.60 bits per heavy atom. The van der Waals surface area contributed by atoms with Crippen molar-refractivity contribution in [2.24, 2.45) is 12.8 Å². The van der Waals surface area contributed by atoms with E-state index in [1.807, 2.05) is 0 Å². The van der Waals surface area contributed by atoms with E-state index in [1.165, 1.54) is 0 Å². The molecule has 15 heavy (non-hydrogen) atoms. The van der Waals surface area contributed by atoms with Crippen molar-refractivity contribution in [3.05, 3.63) is 35.2 Å². The Labute approximate surface area is 91.0 Å². The Morgan fingerprint density at radius 3 is 2.80 bits per heavy atom. The summed E-state index contributed by atoms with van der Waals surface area (Å²) in [5.41, 5.74) is 5.59. The molecule has 0 bridgehead atoms. The fraction of sp³-hybridized carbons (Fsp3) is 0.111. The van der Waals surface area contributed by atoms with Gasteiger partial charge in [-0.15, -0.1) is 0 Å². The van der Waals surface area contributed by atoms with E-state index in [1.54, 1.807) is 41.0 Å². The zero-order valence-electron chi connectivity index (χ0n) is 8.01. The monoisotopic (exact) mass is 224 g/mol. The average Bonchev–Trinajstić information content (AvgIpc) is 2.73. The molecule has 0 aliphatic heterocycles. The lowest BCUT2D eigenvalue weighted by Gasteiger charge is -2.03. The second-order valence-electron chi connectivity index (χ2n) is 3.11. The quantitative estimate of drug-likeness (QED) is 0.826. The van der Waals surface area contributed by atoms with E-state index in [-0.39, 0.29) is 0 Å². The minimum absolute atomic E-state index is 0.437. The van der Waals surface area contributed by atoms with Crippen LogP contribution in [-0.4, -0.2) is 20.3 Å². The van der Waals surface area contributed by atoms with Crippen LogP contribution in [0.5, 0.6) is 0 Å². The first-order valence-electron chi connectivity index (χ1n) is 4.25. The predicted octanol–water partition coefficient (Wildman–Crippen LogP) is 0.963. The zero-order valence-corrected chi connectivity index (χ0v) is 8.77. The lowest BCUT2D eigenvalue weighted by molar-refractivity contribution is 0.100. The van der Waals surface area contributed by atoms with Crippen LogP contribution in [0.2, 0.25) is 5.02 Å². The molecule has 0 unspecified atom stereocenters. The van der Waals surface area contributed by atoms with Gasteiger partial charge in [0.25, 0.3) is 0 Å². The summed E-state index contributed by atoms with van der Waals surface area (Å²) in [5.74, 6) is 0.233. The molecular weight excluding hydrogens is 216 g/mol. The number of carbonyl (C=O) groups is 1. The Hall–Kier alpha value is -1.75. The van der Waals surface area contributed by atoms with E-state index < -0.39 is 5.91 Å². The Bertz CT molecular complexity index is 494. The summed E-state index contributed by atoms with van der Waals surface area (Å²) in [6, 6.07) is 1.63. The van der Waals surface area contributed by atoms with Gasteiger partial charge in [0.15, 0.2) is 5.82 Å². The van der Waals surface area contributed by atoms with Gasteiger partial charge in [-0.2, -0.15) is 5.10 Å². The molecule has 78 valence electrons. The number of primary amides is 1. The molecule has 6 heteroatoms. The van der Waals surface area contributed by atoms with Crippen molar-refractivity contribution in [1.29, 1.82) is 0 Å². The van der Waals surface area contributed by atoms with Gasteiger partial charge < -0.3 is 10.3 Å². The Kier molecular flexibility index (Phi) is 2.24. The Morgan fingerprint density at radius 2 is 2.33 bits per heavy atom. The topological polar surface area (TPSA) is 65.8 Å². The van der Waals surface area contributed by atoms with E-state index in [9.17, 15) is 4.79 Å². The van der Waals surface area contributed by atoms with Gasteiger partial charge in [0, 0.05) is 19.4 Å². The summed E-state index contributed by atoms with van der Waals surface area (Å²) in [7, 11) is 1.77. The summed E-state index contributed by atoms with van der Waals surface area (Å²) in [6.07, 6.45) is 4.87. The second kappa shape index (κ2) is 3.43. The van der Waals surface area contributed by atoms with Gasteiger partial charge in [-0.1, -0.05) is 11.6 Å². The van der Waals surface area contributed by atoms with Crippen LogP contribution in [-0.2, 0) is 7.05 Å². The smallest absolute Gasteiger partial charge is 0.250 e. The number of amides is 1. The molecule has 0 aliphatic rings. The van der Waals surface area contributed by atoms with Crippen LogP contribution in [0.25, 0.3) is 5.82 Å². The van der Waals surface area contributed by atoms with E-state index in [0.29, 0.717) is 16.4 Å². The molecule has 2 N–H and O–H groups in total. The van der Waals surface area contributed by atoms with Crippen molar-refractivity contribution in [2.45, 2.75) is 0 Å². The molecule has 0 aliphatic carbocycles. The van der Waals surface area contributed by atoms with Crippen molar-refractivity contribution in [2.75, 3.05) is 0 Å². The lowest BCUT2D eigenvalue weighted by Crippen LogP contribution is -2.09. The summed E-state index contributed by atoms with van der Waals surface area (Å²) in [4.78, 5) is 10.9. The largest absolute Gasteiger partial charge is 0.366 e. The first-order valence-corrected chi connectivity index (χ1v) is 4.63. The SMILES string of the molecule is Cn1ncc(Cl)c1-n1ccc(C(N)=O)c1. The van der Waals surface area contributed by atoms with Gasteiger partial charge in [-0.25, -0.2) is 0 Å². The number of nitrogens with two attached hydrogens (primary N) is 1. The normalized spacial score (nSPS) is 10.5. The predicted molar refractivity (Wildman–Crippen MR) is 56.1 cm³/mol. The van der Waals surface area contributed by atoms with Crippen LogP contribution < -0.4 is 5.73 Å². The number of halogens is 1. The van der Waals surface area contributed by atoms with E-state index in [4.69, 9.17) is 17.3 Å². The average molecular weight is 225 g/mol. The number of rotatable bonds is 2. The molecule has 1 amide bonds.